The average Bonchev–Trinajstić information content (AvgIpc) is 3.78. The molecule has 0 radical (unpaired) electrons. The molecule has 0 aliphatic rings. The molecule has 0 saturated heterocycles. The predicted octanol–water partition coefficient (Wildman–Crippen LogP) is 13.9. The second kappa shape index (κ2) is 11.2. The average molecular weight is 648 g/mol. The number of hydrogen-bond donors (Lipinski definition) is 0. The van der Waals surface area contributed by atoms with Gasteiger partial charge in [-0.25, -0.2) is 0 Å². The van der Waals surface area contributed by atoms with Gasteiger partial charge in [0.25, 0.3) is 0 Å². The van der Waals surface area contributed by atoms with E-state index < -0.39 is 0 Å². The van der Waals surface area contributed by atoms with Crippen molar-refractivity contribution in [2.24, 2.45) is 0 Å². The lowest BCUT2D eigenvalue weighted by Crippen LogP contribution is -2.10. The van der Waals surface area contributed by atoms with Gasteiger partial charge in [0.05, 0.1) is 16.6 Å². The van der Waals surface area contributed by atoms with Crippen LogP contribution in [0.4, 0.5) is 17.1 Å². The lowest BCUT2D eigenvalue weighted by molar-refractivity contribution is 0.672. The minimum Gasteiger partial charge on any atom is -0.455 e. The number of fused-ring (bicyclic) bond motifs is 8. The number of anilines is 3. The van der Waals surface area contributed by atoms with Gasteiger partial charge in [0.15, 0.2) is 0 Å². The molecule has 0 spiro atoms. The molecule has 8 aromatic carbocycles. The standard InChI is InChI=1S/C46H29NOS/c1-2-10-30(11-3-1)33-13-8-14-36(28-33)47(41-17-9-18-42-45(41)40-27-22-32-12-4-5-15-37(32)46(40)48-42)35-24-20-31(21-25-35)34-23-26-39-38-16-6-7-19-43(38)49-44(39)29-34/h1-29H/i20D,21D,24D,25D. The molecular formula is C46H29NOS. The van der Waals surface area contributed by atoms with Crippen LogP contribution in [-0.2, 0) is 0 Å². The summed E-state index contributed by atoms with van der Waals surface area (Å²) in [4.78, 5) is 1.87. The first-order valence-corrected chi connectivity index (χ1v) is 17.1. The summed E-state index contributed by atoms with van der Waals surface area (Å²) in [5, 5.41) is 6.07. The summed E-state index contributed by atoms with van der Waals surface area (Å²) in [6.07, 6.45) is 0. The Bertz CT molecular complexity index is 3050. The van der Waals surface area contributed by atoms with E-state index in [1.807, 2.05) is 108 Å². The van der Waals surface area contributed by atoms with Crippen LogP contribution in [0.1, 0.15) is 5.48 Å². The zero-order chi connectivity index (χ0) is 35.8. The third-order valence-electron chi connectivity index (χ3n) is 9.32. The largest absolute Gasteiger partial charge is 0.455 e. The number of hydrogen-bond acceptors (Lipinski definition) is 3. The van der Waals surface area contributed by atoms with Gasteiger partial charge < -0.3 is 9.32 Å². The van der Waals surface area contributed by atoms with Crippen molar-refractivity contribution in [1.82, 2.24) is 0 Å². The van der Waals surface area contributed by atoms with E-state index in [0.29, 0.717) is 22.5 Å². The molecule has 2 heterocycles. The number of benzene rings is 8. The highest BCUT2D eigenvalue weighted by molar-refractivity contribution is 7.25. The molecule has 0 aliphatic heterocycles. The molecule has 0 bridgehead atoms. The van der Waals surface area contributed by atoms with Crippen LogP contribution in [0, 0.1) is 0 Å². The van der Waals surface area contributed by atoms with E-state index in [1.165, 1.54) is 0 Å². The maximum atomic E-state index is 9.61. The van der Waals surface area contributed by atoms with E-state index in [0.717, 1.165) is 58.4 Å². The zero-order valence-electron chi connectivity index (χ0n) is 30.2. The van der Waals surface area contributed by atoms with Gasteiger partial charge in [-0.3, -0.25) is 0 Å². The van der Waals surface area contributed by atoms with Gasteiger partial charge in [0.2, 0.25) is 0 Å². The number of nitrogens with zero attached hydrogens (tertiary/aromatic N) is 1. The maximum absolute atomic E-state index is 9.61. The number of furan rings is 1. The first-order chi connectivity index (χ1) is 26.0. The molecule has 0 amide bonds. The Morgan fingerprint density at radius 3 is 2.08 bits per heavy atom. The predicted molar refractivity (Wildman–Crippen MR) is 210 cm³/mol. The first kappa shape index (κ1) is 24.1. The molecule has 0 saturated carbocycles. The van der Waals surface area contributed by atoms with Gasteiger partial charge in [0, 0.05) is 42.3 Å². The van der Waals surface area contributed by atoms with E-state index >= 15 is 0 Å². The third-order valence-corrected chi connectivity index (χ3v) is 10.5. The Morgan fingerprint density at radius 2 is 1.18 bits per heavy atom. The molecule has 10 aromatic rings. The lowest BCUT2D eigenvalue weighted by Gasteiger charge is -2.27. The van der Waals surface area contributed by atoms with Gasteiger partial charge in [-0.05, 0) is 82.2 Å². The van der Waals surface area contributed by atoms with E-state index in [2.05, 4.69) is 48.5 Å². The van der Waals surface area contributed by atoms with E-state index in [4.69, 9.17) is 4.42 Å². The molecular weight excluding hydrogens is 615 g/mol. The maximum Gasteiger partial charge on any atom is 0.143 e. The lowest BCUT2D eigenvalue weighted by atomic mass is 10.0. The molecule has 230 valence electrons. The molecule has 0 atom stereocenters. The van der Waals surface area contributed by atoms with Gasteiger partial charge in [-0.1, -0.05) is 121 Å². The molecule has 0 N–H and O–H groups in total. The van der Waals surface area contributed by atoms with E-state index in [9.17, 15) is 5.48 Å². The van der Waals surface area contributed by atoms with Crippen molar-refractivity contribution in [2.45, 2.75) is 0 Å². The Balaban J connectivity index is 1.24. The smallest absolute Gasteiger partial charge is 0.143 e. The highest BCUT2D eigenvalue weighted by atomic mass is 32.1. The van der Waals surface area contributed by atoms with Crippen LogP contribution in [0.3, 0.4) is 0 Å². The van der Waals surface area contributed by atoms with Gasteiger partial charge in [-0.2, -0.15) is 0 Å². The van der Waals surface area contributed by atoms with Crippen molar-refractivity contribution in [3.8, 4) is 22.3 Å². The Morgan fingerprint density at radius 1 is 0.469 bits per heavy atom. The van der Waals surface area contributed by atoms with Crippen LogP contribution >= 0.6 is 11.3 Å². The van der Waals surface area contributed by atoms with Gasteiger partial charge in [-0.15, -0.1) is 11.3 Å². The summed E-state index contributed by atoms with van der Waals surface area (Å²) in [5.74, 6) is 0. The van der Waals surface area contributed by atoms with E-state index in [1.54, 1.807) is 11.3 Å². The molecule has 10 rings (SSSR count). The fourth-order valence-electron chi connectivity index (χ4n) is 7.01. The minimum absolute atomic E-state index is 0.0964. The summed E-state index contributed by atoms with van der Waals surface area (Å²) in [6.45, 7) is 0. The number of rotatable bonds is 5. The van der Waals surface area contributed by atoms with Gasteiger partial charge >= 0.3 is 0 Å². The molecule has 2 nitrogen and oxygen atoms in total. The molecule has 0 fully saturated rings. The quantitative estimate of drug-likeness (QED) is 0.185. The molecule has 49 heavy (non-hydrogen) atoms. The third kappa shape index (κ3) is 4.62. The zero-order valence-corrected chi connectivity index (χ0v) is 27.0. The van der Waals surface area contributed by atoms with Crippen LogP contribution < -0.4 is 4.90 Å². The van der Waals surface area contributed by atoms with Crippen molar-refractivity contribution in [1.29, 1.82) is 0 Å². The second-order valence-corrected chi connectivity index (χ2v) is 13.3. The van der Waals surface area contributed by atoms with Crippen LogP contribution in [0.15, 0.2) is 180 Å². The SMILES string of the molecule is [2H]c1c([2H])c(N(c2cccc(-c3ccccc3)c2)c2cccc3oc4c5ccccc5ccc4c23)c([2H])c([2H])c1-c1ccc2c(c1)sc1ccccc12. The molecule has 0 aliphatic carbocycles. The summed E-state index contributed by atoms with van der Waals surface area (Å²) >= 11 is 1.66. The summed E-state index contributed by atoms with van der Waals surface area (Å²) in [7, 11) is 0. The molecule has 2 aromatic heterocycles. The Kier molecular flexibility index (Phi) is 5.51. The van der Waals surface area contributed by atoms with Crippen molar-refractivity contribution in [3.05, 3.63) is 176 Å². The van der Waals surface area contributed by atoms with E-state index in [-0.39, 0.29) is 35.4 Å². The normalized spacial score (nSPS) is 12.8. The molecule has 3 heteroatoms. The van der Waals surface area contributed by atoms with Crippen molar-refractivity contribution in [2.75, 3.05) is 4.90 Å². The van der Waals surface area contributed by atoms with Crippen molar-refractivity contribution < 1.29 is 9.90 Å². The Hall–Kier alpha value is -6.16. The summed E-state index contributed by atoms with van der Waals surface area (Å²) < 4.78 is 46.9. The van der Waals surface area contributed by atoms with Crippen molar-refractivity contribution >= 4 is 81.3 Å². The summed E-state index contributed by atoms with van der Waals surface area (Å²) in [6, 6.07) is 49.9. The topological polar surface area (TPSA) is 16.4 Å². The van der Waals surface area contributed by atoms with Crippen LogP contribution in [0.25, 0.3) is 75.1 Å². The van der Waals surface area contributed by atoms with Crippen LogP contribution in [0.5, 0.6) is 0 Å². The highest BCUT2D eigenvalue weighted by Gasteiger charge is 2.21. The molecule has 0 unspecified atom stereocenters. The monoisotopic (exact) mass is 647 g/mol. The fraction of sp³-hybridized carbons (Fsp3) is 0. The van der Waals surface area contributed by atoms with Gasteiger partial charge in [0.1, 0.15) is 11.2 Å². The van der Waals surface area contributed by atoms with Crippen LogP contribution in [0.2, 0.25) is 0 Å². The fourth-order valence-corrected chi connectivity index (χ4v) is 8.15. The minimum atomic E-state index is -0.127. The van der Waals surface area contributed by atoms with Crippen LogP contribution in [-0.4, -0.2) is 0 Å². The Labute approximate surface area is 293 Å². The summed E-state index contributed by atoms with van der Waals surface area (Å²) in [5.41, 5.74) is 5.91. The second-order valence-electron chi connectivity index (χ2n) is 12.2. The number of thiophene rings is 1. The highest BCUT2D eigenvalue weighted by Crippen LogP contribution is 2.45. The first-order valence-electron chi connectivity index (χ1n) is 18.3. The van der Waals surface area contributed by atoms with Crippen molar-refractivity contribution in [3.63, 3.8) is 0 Å².